The minimum absolute atomic E-state index is 0.0728. The average molecular weight is 444 g/mol. The molecule has 1 aromatic rings. The maximum absolute atomic E-state index is 13.4. The highest BCUT2D eigenvalue weighted by molar-refractivity contribution is 5.97. The Bertz CT molecular complexity index is 841. The molecule has 0 unspecified atom stereocenters. The molecule has 7 nitrogen and oxygen atoms in total. The van der Waals surface area contributed by atoms with Crippen molar-refractivity contribution in [1.29, 1.82) is 0 Å². The Hall–Kier alpha value is -2.14. The molecule has 1 aliphatic heterocycles. The number of ether oxygens (including phenoxy) is 1. The zero-order chi connectivity index (χ0) is 23.3. The van der Waals surface area contributed by atoms with Gasteiger partial charge in [-0.2, -0.15) is 0 Å². The molecule has 2 N–H and O–H groups in total. The van der Waals surface area contributed by atoms with E-state index in [0.717, 1.165) is 19.0 Å². The van der Waals surface area contributed by atoms with Gasteiger partial charge in [-0.25, -0.2) is 4.98 Å². The third kappa shape index (κ3) is 6.22. The standard InChI is InChI=1S/C25H37N3O4/c1-17-13-28(18(2)16-29)25(31)22-11-21(10-9-19(3)30)12-26-24(22)32-23(17)15-27(4)14-20-7-5-6-8-20/h11-12,17-20,23,29-30H,5-8,13-16H2,1-4H3/t17-,18+,19+,23+/m0/s1. The average Bonchev–Trinajstić information content (AvgIpc) is 3.27. The van der Waals surface area contributed by atoms with Crippen LogP contribution in [0.3, 0.4) is 0 Å². The third-order valence-corrected chi connectivity index (χ3v) is 6.48. The van der Waals surface area contributed by atoms with Gasteiger partial charge in [0.25, 0.3) is 5.91 Å². The minimum atomic E-state index is -0.768. The monoisotopic (exact) mass is 443 g/mol. The molecule has 0 spiro atoms. The molecule has 1 aromatic heterocycles. The molecule has 2 aliphatic rings. The first kappa shape index (κ1) is 24.5. The van der Waals surface area contributed by atoms with E-state index >= 15 is 0 Å². The molecule has 0 saturated heterocycles. The Balaban J connectivity index is 1.88. The molecule has 0 aromatic carbocycles. The van der Waals surface area contributed by atoms with Gasteiger partial charge in [-0.05, 0) is 45.7 Å². The van der Waals surface area contributed by atoms with Gasteiger partial charge >= 0.3 is 0 Å². The summed E-state index contributed by atoms with van der Waals surface area (Å²) >= 11 is 0. The molecule has 176 valence electrons. The molecule has 3 rings (SSSR count). The number of rotatable bonds is 6. The summed E-state index contributed by atoms with van der Waals surface area (Å²) in [6, 6.07) is 1.35. The van der Waals surface area contributed by atoms with Crippen LogP contribution >= 0.6 is 0 Å². The van der Waals surface area contributed by atoms with Crippen LogP contribution in [0.2, 0.25) is 0 Å². The van der Waals surface area contributed by atoms with E-state index in [2.05, 4.69) is 35.7 Å². The number of nitrogens with zero attached hydrogens (tertiary/aromatic N) is 3. The summed E-state index contributed by atoms with van der Waals surface area (Å²) in [5.41, 5.74) is 0.889. The fourth-order valence-corrected chi connectivity index (χ4v) is 4.59. The quantitative estimate of drug-likeness (QED) is 0.656. The summed E-state index contributed by atoms with van der Waals surface area (Å²) < 4.78 is 6.34. The summed E-state index contributed by atoms with van der Waals surface area (Å²) in [5.74, 6) is 6.44. The molecule has 0 radical (unpaired) electrons. The Morgan fingerprint density at radius 2 is 2.03 bits per heavy atom. The first-order chi connectivity index (χ1) is 15.3. The third-order valence-electron chi connectivity index (χ3n) is 6.48. The Morgan fingerprint density at radius 1 is 1.31 bits per heavy atom. The number of fused-ring (bicyclic) bond motifs is 1. The first-order valence-electron chi connectivity index (χ1n) is 11.7. The van der Waals surface area contributed by atoms with Crippen LogP contribution < -0.4 is 4.74 Å². The number of amides is 1. The fourth-order valence-electron chi connectivity index (χ4n) is 4.59. The highest BCUT2D eigenvalue weighted by atomic mass is 16.5. The van der Waals surface area contributed by atoms with E-state index < -0.39 is 6.10 Å². The van der Waals surface area contributed by atoms with Crippen molar-refractivity contribution in [2.45, 2.75) is 64.7 Å². The van der Waals surface area contributed by atoms with Gasteiger partial charge in [0, 0.05) is 37.3 Å². The van der Waals surface area contributed by atoms with Gasteiger partial charge in [0.2, 0.25) is 5.88 Å². The normalized spacial score (nSPS) is 23.6. The molecule has 1 saturated carbocycles. The highest BCUT2D eigenvalue weighted by Gasteiger charge is 2.34. The Morgan fingerprint density at radius 3 is 2.69 bits per heavy atom. The summed E-state index contributed by atoms with van der Waals surface area (Å²) in [7, 11) is 2.13. The molecular weight excluding hydrogens is 406 g/mol. The summed E-state index contributed by atoms with van der Waals surface area (Å²) in [5, 5.41) is 19.2. The van der Waals surface area contributed by atoms with E-state index in [1.54, 1.807) is 24.1 Å². The van der Waals surface area contributed by atoms with Crippen LogP contribution in [-0.4, -0.2) is 82.4 Å². The van der Waals surface area contributed by atoms with Gasteiger partial charge < -0.3 is 24.7 Å². The van der Waals surface area contributed by atoms with E-state index in [1.165, 1.54) is 25.7 Å². The molecule has 1 aliphatic carbocycles. The Kier molecular flexibility index (Phi) is 8.52. The van der Waals surface area contributed by atoms with Gasteiger partial charge in [0.15, 0.2) is 0 Å². The zero-order valence-electron chi connectivity index (χ0n) is 19.8. The smallest absolute Gasteiger partial charge is 0.259 e. The summed E-state index contributed by atoms with van der Waals surface area (Å²) in [4.78, 5) is 21.8. The molecule has 7 heteroatoms. The van der Waals surface area contributed by atoms with Crippen molar-refractivity contribution in [1.82, 2.24) is 14.8 Å². The van der Waals surface area contributed by atoms with Crippen molar-refractivity contribution < 1.29 is 19.7 Å². The lowest BCUT2D eigenvalue weighted by atomic mass is 9.99. The van der Waals surface area contributed by atoms with E-state index in [4.69, 9.17) is 4.74 Å². The van der Waals surface area contributed by atoms with Gasteiger partial charge in [-0.15, -0.1) is 0 Å². The van der Waals surface area contributed by atoms with Gasteiger partial charge in [-0.3, -0.25) is 4.79 Å². The van der Waals surface area contributed by atoms with Crippen molar-refractivity contribution >= 4 is 5.91 Å². The van der Waals surface area contributed by atoms with E-state index in [9.17, 15) is 15.0 Å². The van der Waals surface area contributed by atoms with Crippen LogP contribution in [0, 0.1) is 23.7 Å². The molecule has 1 fully saturated rings. The van der Waals surface area contributed by atoms with Gasteiger partial charge in [-0.1, -0.05) is 31.6 Å². The van der Waals surface area contributed by atoms with E-state index in [-0.39, 0.29) is 30.6 Å². The van der Waals surface area contributed by atoms with E-state index in [0.29, 0.717) is 23.6 Å². The van der Waals surface area contributed by atoms with Crippen LogP contribution in [0.25, 0.3) is 0 Å². The molecule has 1 amide bonds. The van der Waals surface area contributed by atoms with Crippen LogP contribution in [-0.2, 0) is 0 Å². The second kappa shape index (κ2) is 11.1. The number of aliphatic hydroxyl groups excluding tert-OH is 2. The number of carbonyl (C=O) groups excluding carboxylic acids is 1. The number of aromatic nitrogens is 1. The van der Waals surface area contributed by atoms with Crippen LogP contribution in [0.1, 0.15) is 62.4 Å². The molecule has 4 atom stereocenters. The van der Waals surface area contributed by atoms with Crippen molar-refractivity contribution in [2.75, 3.05) is 33.3 Å². The summed E-state index contributed by atoms with van der Waals surface area (Å²) in [6.07, 6.45) is 5.90. The van der Waals surface area contributed by atoms with Crippen LogP contribution in [0.4, 0.5) is 0 Å². The lowest BCUT2D eigenvalue weighted by molar-refractivity contribution is 0.0320. The maximum atomic E-state index is 13.4. The molecule has 0 bridgehead atoms. The number of carbonyl (C=O) groups is 1. The summed E-state index contributed by atoms with van der Waals surface area (Å²) in [6.45, 7) is 7.70. The Labute approximate surface area is 191 Å². The van der Waals surface area contributed by atoms with E-state index in [1.807, 2.05) is 6.92 Å². The molecule has 32 heavy (non-hydrogen) atoms. The van der Waals surface area contributed by atoms with Crippen molar-refractivity contribution in [3.05, 3.63) is 23.4 Å². The predicted octanol–water partition coefficient (Wildman–Crippen LogP) is 2.16. The SMILES string of the molecule is C[C@H](CO)N1C[C@H](C)[C@@H](CN(C)CC2CCCC2)Oc2ncc(C#C[C@@H](C)O)cc2C1=O. The largest absolute Gasteiger partial charge is 0.472 e. The number of hydrogen-bond acceptors (Lipinski definition) is 6. The van der Waals surface area contributed by atoms with Gasteiger partial charge in [0.1, 0.15) is 17.8 Å². The number of hydrogen-bond donors (Lipinski definition) is 2. The first-order valence-corrected chi connectivity index (χ1v) is 11.7. The van der Waals surface area contributed by atoms with Crippen molar-refractivity contribution in [3.8, 4) is 17.7 Å². The molecular formula is C25H37N3O4. The van der Waals surface area contributed by atoms with Crippen molar-refractivity contribution in [2.24, 2.45) is 11.8 Å². The number of pyridine rings is 1. The zero-order valence-corrected chi connectivity index (χ0v) is 19.8. The highest BCUT2D eigenvalue weighted by Crippen LogP contribution is 2.29. The van der Waals surface area contributed by atoms with Gasteiger partial charge in [0.05, 0.1) is 12.6 Å². The number of aliphatic hydroxyl groups is 2. The minimum Gasteiger partial charge on any atom is -0.472 e. The second-order valence-electron chi connectivity index (χ2n) is 9.52. The topological polar surface area (TPSA) is 86.1 Å². The fraction of sp³-hybridized carbons (Fsp3) is 0.680. The molecule has 2 heterocycles. The second-order valence-corrected chi connectivity index (χ2v) is 9.52. The van der Waals surface area contributed by atoms with Crippen molar-refractivity contribution in [3.63, 3.8) is 0 Å². The lowest BCUT2D eigenvalue weighted by Crippen LogP contribution is -2.50. The maximum Gasteiger partial charge on any atom is 0.259 e. The lowest BCUT2D eigenvalue weighted by Gasteiger charge is -2.38. The van der Waals surface area contributed by atoms with Crippen LogP contribution in [0.15, 0.2) is 12.3 Å². The number of likely N-dealkylation sites (N-methyl/N-ethyl adjacent to an activating group) is 1. The predicted molar refractivity (Wildman–Crippen MR) is 123 cm³/mol. The van der Waals surface area contributed by atoms with Crippen LogP contribution in [0.5, 0.6) is 5.88 Å².